The van der Waals surface area contributed by atoms with E-state index in [1.807, 2.05) is 30.3 Å². The van der Waals surface area contributed by atoms with E-state index in [0.29, 0.717) is 29.1 Å². The molecule has 0 atom stereocenters. The van der Waals surface area contributed by atoms with Crippen LogP contribution in [0.25, 0.3) is 11.1 Å². The molecule has 7 nitrogen and oxygen atoms in total. The van der Waals surface area contributed by atoms with E-state index >= 15 is 0 Å². The fourth-order valence-electron chi connectivity index (χ4n) is 2.85. The van der Waals surface area contributed by atoms with E-state index in [1.54, 1.807) is 39.3 Å². The van der Waals surface area contributed by atoms with Gasteiger partial charge in [0.05, 0.1) is 17.5 Å². The Bertz CT molecular complexity index is 815. The lowest BCUT2D eigenvalue weighted by Crippen LogP contribution is -2.31. The van der Waals surface area contributed by atoms with Gasteiger partial charge in [-0.15, -0.1) is 0 Å². The maximum absolute atomic E-state index is 12.9. The highest BCUT2D eigenvalue weighted by Gasteiger charge is 2.23. The third-order valence-corrected chi connectivity index (χ3v) is 5.27. The van der Waals surface area contributed by atoms with Crippen LogP contribution in [0.5, 0.6) is 11.5 Å². The van der Waals surface area contributed by atoms with Gasteiger partial charge in [0.15, 0.2) is 13.6 Å². The van der Waals surface area contributed by atoms with Crippen molar-refractivity contribution in [3.8, 4) is 22.6 Å². The standard InChI is InChI=1S/C22H28BrNO6/c1-24(10-11-26-2)20(25)12-17-21(16-8-6-5-7-9-16)18(29-14-27-3)13-19(22(17)23)30-15-28-4/h5-9,13H,10-12,14-15H2,1-4H3. The minimum absolute atomic E-state index is 0.0495. The van der Waals surface area contributed by atoms with Gasteiger partial charge in [0.1, 0.15) is 11.5 Å². The highest BCUT2D eigenvalue weighted by atomic mass is 79.9. The Labute approximate surface area is 185 Å². The second-order valence-corrected chi connectivity index (χ2v) is 7.29. The summed E-state index contributed by atoms with van der Waals surface area (Å²) in [5.41, 5.74) is 2.48. The Kier molecular flexibility index (Phi) is 10.1. The first-order chi connectivity index (χ1) is 14.5. The van der Waals surface area contributed by atoms with E-state index in [-0.39, 0.29) is 25.9 Å². The van der Waals surface area contributed by atoms with Crippen molar-refractivity contribution in [2.24, 2.45) is 0 Å². The van der Waals surface area contributed by atoms with Crippen molar-refractivity contribution < 1.29 is 28.5 Å². The minimum atomic E-state index is -0.0495. The fourth-order valence-corrected chi connectivity index (χ4v) is 3.42. The topological polar surface area (TPSA) is 66.5 Å². The number of benzene rings is 2. The minimum Gasteiger partial charge on any atom is -0.467 e. The zero-order valence-electron chi connectivity index (χ0n) is 17.8. The van der Waals surface area contributed by atoms with Gasteiger partial charge in [0.2, 0.25) is 5.91 Å². The quantitative estimate of drug-likeness (QED) is 0.430. The van der Waals surface area contributed by atoms with Crippen molar-refractivity contribution >= 4 is 21.8 Å². The van der Waals surface area contributed by atoms with E-state index in [2.05, 4.69) is 15.9 Å². The zero-order chi connectivity index (χ0) is 21.9. The molecule has 1 amide bonds. The van der Waals surface area contributed by atoms with E-state index in [1.165, 1.54) is 0 Å². The second kappa shape index (κ2) is 12.5. The lowest BCUT2D eigenvalue weighted by molar-refractivity contribution is -0.129. The van der Waals surface area contributed by atoms with E-state index in [0.717, 1.165) is 16.7 Å². The van der Waals surface area contributed by atoms with Gasteiger partial charge in [-0.3, -0.25) is 4.79 Å². The van der Waals surface area contributed by atoms with Gasteiger partial charge in [-0.2, -0.15) is 0 Å². The number of carbonyl (C=O) groups excluding carboxylic acids is 1. The zero-order valence-corrected chi connectivity index (χ0v) is 19.4. The lowest BCUT2D eigenvalue weighted by Gasteiger charge is -2.22. The van der Waals surface area contributed by atoms with Crippen molar-refractivity contribution in [1.82, 2.24) is 4.90 Å². The first-order valence-corrected chi connectivity index (χ1v) is 10.2. The molecule has 2 rings (SSSR count). The monoisotopic (exact) mass is 481 g/mol. The van der Waals surface area contributed by atoms with Gasteiger partial charge < -0.3 is 28.6 Å². The van der Waals surface area contributed by atoms with Gasteiger partial charge in [-0.1, -0.05) is 30.3 Å². The molecule has 30 heavy (non-hydrogen) atoms. The Morgan fingerprint density at radius 2 is 1.60 bits per heavy atom. The van der Waals surface area contributed by atoms with Gasteiger partial charge in [-0.25, -0.2) is 0 Å². The van der Waals surface area contributed by atoms with E-state index in [9.17, 15) is 4.79 Å². The summed E-state index contributed by atoms with van der Waals surface area (Å²) in [5.74, 6) is 1.02. The van der Waals surface area contributed by atoms with Gasteiger partial charge >= 0.3 is 0 Å². The molecule has 0 bridgehead atoms. The summed E-state index contributed by atoms with van der Waals surface area (Å²) < 4.78 is 27.5. The van der Waals surface area contributed by atoms with Crippen molar-refractivity contribution in [3.63, 3.8) is 0 Å². The maximum Gasteiger partial charge on any atom is 0.226 e. The van der Waals surface area contributed by atoms with Crippen LogP contribution in [0.15, 0.2) is 40.9 Å². The van der Waals surface area contributed by atoms with Crippen molar-refractivity contribution in [1.29, 1.82) is 0 Å². The van der Waals surface area contributed by atoms with Crippen LogP contribution in [0.3, 0.4) is 0 Å². The summed E-state index contributed by atoms with van der Waals surface area (Å²) in [6.45, 7) is 1.09. The summed E-state index contributed by atoms with van der Waals surface area (Å²) in [4.78, 5) is 14.6. The van der Waals surface area contributed by atoms with Crippen LogP contribution >= 0.6 is 15.9 Å². The molecule has 164 valence electrons. The average Bonchev–Trinajstić information content (AvgIpc) is 2.77. The number of methoxy groups -OCH3 is 3. The average molecular weight is 482 g/mol. The number of hydrogen-bond donors (Lipinski definition) is 0. The summed E-state index contributed by atoms with van der Waals surface area (Å²) >= 11 is 3.63. The number of amides is 1. The van der Waals surface area contributed by atoms with Crippen LogP contribution in [0.4, 0.5) is 0 Å². The number of hydrogen-bond acceptors (Lipinski definition) is 6. The molecule has 0 spiro atoms. The molecule has 0 saturated heterocycles. The number of carbonyl (C=O) groups is 1. The van der Waals surface area contributed by atoms with Crippen molar-refractivity contribution in [3.05, 3.63) is 46.4 Å². The van der Waals surface area contributed by atoms with Crippen LogP contribution < -0.4 is 9.47 Å². The van der Waals surface area contributed by atoms with Crippen LogP contribution in [0.1, 0.15) is 5.56 Å². The molecule has 2 aromatic carbocycles. The largest absolute Gasteiger partial charge is 0.467 e. The van der Waals surface area contributed by atoms with Crippen molar-refractivity contribution in [2.75, 3.05) is 55.1 Å². The summed E-state index contributed by atoms with van der Waals surface area (Å²) in [7, 11) is 6.46. The van der Waals surface area contributed by atoms with Crippen LogP contribution in [0.2, 0.25) is 0 Å². The molecule has 2 aromatic rings. The second-order valence-electron chi connectivity index (χ2n) is 6.49. The van der Waals surface area contributed by atoms with Gasteiger partial charge in [0, 0.05) is 46.6 Å². The molecular weight excluding hydrogens is 454 g/mol. The lowest BCUT2D eigenvalue weighted by atomic mass is 9.95. The first-order valence-electron chi connectivity index (χ1n) is 9.40. The number of halogens is 1. The van der Waals surface area contributed by atoms with Crippen LogP contribution in [-0.2, 0) is 25.4 Å². The first kappa shape index (κ1) is 24.1. The highest BCUT2D eigenvalue weighted by molar-refractivity contribution is 9.10. The number of nitrogens with zero attached hydrogens (tertiary/aromatic N) is 1. The molecule has 0 aliphatic rings. The van der Waals surface area contributed by atoms with Crippen LogP contribution in [-0.4, -0.2) is 65.9 Å². The number of ether oxygens (including phenoxy) is 5. The smallest absolute Gasteiger partial charge is 0.226 e. The molecule has 0 N–H and O–H groups in total. The summed E-state index contributed by atoms with van der Waals surface area (Å²) in [5, 5.41) is 0. The molecule has 0 unspecified atom stereocenters. The highest BCUT2D eigenvalue weighted by Crippen LogP contribution is 2.43. The van der Waals surface area contributed by atoms with E-state index in [4.69, 9.17) is 23.7 Å². The molecule has 0 radical (unpaired) electrons. The summed E-state index contributed by atoms with van der Waals surface area (Å²) in [6.07, 6.45) is 0.151. The molecule has 0 heterocycles. The molecular formula is C22H28BrNO6. The molecule has 0 saturated carbocycles. The molecule has 0 aromatic heterocycles. The normalized spacial score (nSPS) is 10.7. The Hall–Kier alpha value is -2.13. The fraction of sp³-hybridized carbons (Fsp3) is 0.409. The third-order valence-electron chi connectivity index (χ3n) is 4.40. The SMILES string of the molecule is COCCN(C)C(=O)Cc1c(Br)c(OCOC)cc(OCOC)c1-c1ccccc1. The maximum atomic E-state index is 12.9. The molecule has 0 aliphatic heterocycles. The molecule has 8 heteroatoms. The Morgan fingerprint density at radius 3 is 2.20 bits per heavy atom. The number of rotatable bonds is 12. The molecule has 0 aliphatic carbocycles. The van der Waals surface area contributed by atoms with Gasteiger partial charge in [0.25, 0.3) is 0 Å². The van der Waals surface area contributed by atoms with Gasteiger partial charge in [-0.05, 0) is 27.1 Å². The summed E-state index contributed by atoms with van der Waals surface area (Å²) in [6, 6.07) is 11.5. The predicted octanol–water partition coefficient (Wildman–Crippen LogP) is 3.73. The van der Waals surface area contributed by atoms with Crippen molar-refractivity contribution in [2.45, 2.75) is 6.42 Å². The number of likely N-dealkylation sites (N-methyl/N-ethyl adjacent to an activating group) is 1. The Balaban J connectivity index is 2.57. The van der Waals surface area contributed by atoms with E-state index < -0.39 is 0 Å². The predicted molar refractivity (Wildman–Crippen MR) is 118 cm³/mol. The third kappa shape index (κ3) is 6.43. The van der Waals surface area contributed by atoms with Crippen LogP contribution in [0, 0.1) is 0 Å². The Morgan fingerprint density at radius 1 is 0.967 bits per heavy atom. The molecule has 0 fully saturated rings.